The second kappa shape index (κ2) is 5.55. The molecule has 1 aliphatic carbocycles. The fraction of sp³-hybridized carbons (Fsp3) is 0.375. The molecule has 4 rings (SSSR count). The van der Waals surface area contributed by atoms with E-state index in [1.54, 1.807) is 10.9 Å². The Balaban J connectivity index is 1.75. The minimum absolute atomic E-state index is 0.133. The number of nitrogen functional groups attached to an aromatic ring is 1. The summed E-state index contributed by atoms with van der Waals surface area (Å²) in [5.41, 5.74) is 8.98. The van der Waals surface area contributed by atoms with Crippen LogP contribution < -0.4 is 15.5 Å². The molecule has 0 aliphatic heterocycles. The lowest BCUT2D eigenvalue weighted by atomic mass is 10.1. The highest BCUT2D eigenvalue weighted by Crippen LogP contribution is 2.35. The van der Waals surface area contributed by atoms with Crippen LogP contribution in [0, 0.1) is 0 Å². The van der Waals surface area contributed by atoms with Crippen molar-refractivity contribution in [3.63, 3.8) is 0 Å². The minimum atomic E-state index is -0.428. The van der Waals surface area contributed by atoms with Crippen LogP contribution in [0.1, 0.15) is 42.4 Å². The number of anilines is 1. The molecule has 2 N–H and O–H groups in total. The third-order valence-electron chi connectivity index (χ3n) is 4.16. The average molecular weight is 343 g/mol. The maximum absolute atomic E-state index is 12.5. The van der Waals surface area contributed by atoms with E-state index >= 15 is 0 Å². The molecule has 3 aromatic rings. The van der Waals surface area contributed by atoms with Gasteiger partial charge >= 0.3 is 5.88 Å². The highest BCUT2D eigenvalue weighted by atomic mass is 32.1. The number of aromatic nitrogens is 3. The molecule has 0 spiro atoms. The third-order valence-corrected chi connectivity index (χ3v) is 5.26. The van der Waals surface area contributed by atoms with Crippen molar-refractivity contribution in [3.8, 4) is 0 Å². The zero-order valence-corrected chi connectivity index (χ0v) is 14.3. The summed E-state index contributed by atoms with van der Waals surface area (Å²) in [6.45, 7) is 3.92. The molecule has 0 atom stereocenters. The van der Waals surface area contributed by atoms with Gasteiger partial charge in [0.25, 0.3) is 6.20 Å². The van der Waals surface area contributed by atoms with Gasteiger partial charge in [-0.05, 0) is 49.4 Å². The molecule has 3 heterocycles. The second-order valence-electron chi connectivity index (χ2n) is 6.18. The van der Waals surface area contributed by atoms with E-state index in [9.17, 15) is 5.11 Å². The summed E-state index contributed by atoms with van der Waals surface area (Å²) in [6, 6.07) is 2.20. The molecule has 0 bridgehead atoms. The highest BCUT2D eigenvalue weighted by molar-refractivity contribution is 7.21. The molecule has 124 valence electrons. The SMILES string of the molecule is CC(C)[n+]1cc(/N=C(\[O-])c2sc3nc4c(cc3c2N)CCC4)on1. The zero-order chi connectivity index (χ0) is 16.8. The number of hydrogen-bond donors (Lipinski definition) is 1. The van der Waals surface area contributed by atoms with Gasteiger partial charge in [-0.3, -0.25) is 4.52 Å². The van der Waals surface area contributed by atoms with Crippen molar-refractivity contribution in [2.45, 2.75) is 39.2 Å². The van der Waals surface area contributed by atoms with Crippen LogP contribution in [-0.4, -0.2) is 16.2 Å². The molecule has 24 heavy (non-hydrogen) atoms. The Labute approximate surface area is 142 Å². The van der Waals surface area contributed by atoms with Gasteiger partial charge in [-0.1, -0.05) is 0 Å². The van der Waals surface area contributed by atoms with Gasteiger partial charge in [0, 0.05) is 17.0 Å². The van der Waals surface area contributed by atoms with E-state index < -0.39 is 5.90 Å². The van der Waals surface area contributed by atoms with Crippen molar-refractivity contribution < 1.29 is 14.3 Å². The van der Waals surface area contributed by atoms with Gasteiger partial charge in [0.15, 0.2) is 6.04 Å². The van der Waals surface area contributed by atoms with Crippen molar-refractivity contribution in [2.24, 2.45) is 4.99 Å². The van der Waals surface area contributed by atoms with E-state index in [-0.39, 0.29) is 11.9 Å². The van der Waals surface area contributed by atoms with Crippen molar-refractivity contribution in [3.05, 3.63) is 28.4 Å². The fourth-order valence-corrected chi connectivity index (χ4v) is 3.83. The second-order valence-corrected chi connectivity index (χ2v) is 7.18. The van der Waals surface area contributed by atoms with E-state index in [0.29, 0.717) is 10.6 Å². The number of thiophene rings is 1. The largest absolute Gasteiger partial charge is 0.857 e. The predicted octanol–water partition coefficient (Wildman–Crippen LogP) is 1.66. The lowest BCUT2D eigenvalue weighted by Crippen LogP contribution is -2.36. The van der Waals surface area contributed by atoms with Gasteiger partial charge in [0.05, 0.1) is 10.6 Å². The number of rotatable bonds is 3. The molecular formula is C16H17N5O2S. The lowest BCUT2D eigenvalue weighted by Gasteiger charge is -2.06. The molecule has 0 amide bonds. The topological polar surface area (TPSA) is 104 Å². The number of hydrogen-bond acceptors (Lipinski definition) is 7. The average Bonchev–Trinajstić information content (AvgIpc) is 3.24. The summed E-state index contributed by atoms with van der Waals surface area (Å²) in [5.74, 6) is -0.260. The molecule has 0 aromatic carbocycles. The van der Waals surface area contributed by atoms with Gasteiger partial charge in [0.1, 0.15) is 4.83 Å². The smallest absolute Gasteiger partial charge is 0.320 e. The van der Waals surface area contributed by atoms with Crippen molar-refractivity contribution >= 4 is 39.0 Å². The number of fused-ring (bicyclic) bond motifs is 2. The molecular weight excluding hydrogens is 326 g/mol. The summed E-state index contributed by atoms with van der Waals surface area (Å²) in [7, 11) is 0. The Morgan fingerprint density at radius 3 is 3.04 bits per heavy atom. The fourth-order valence-electron chi connectivity index (χ4n) is 2.85. The Morgan fingerprint density at radius 1 is 1.46 bits per heavy atom. The first-order chi connectivity index (χ1) is 11.5. The molecule has 0 unspecified atom stereocenters. The van der Waals surface area contributed by atoms with Crippen LogP contribution in [0.5, 0.6) is 0 Å². The third kappa shape index (κ3) is 2.43. The molecule has 8 heteroatoms. The summed E-state index contributed by atoms with van der Waals surface area (Å²) in [5, 5.41) is 17.1. The lowest BCUT2D eigenvalue weighted by molar-refractivity contribution is -0.779. The van der Waals surface area contributed by atoms with E-state index in [0.717, 1.165) is 35.2 Å². The van der Waals surface area contributed by atoms with Crippen molar-refractivity contribution in [2.75, 3.05) is 5.73 Å². The monoisotopic (exact) mass is 343 g/mol. The number of aliphatic imine (C=N–C) groups is 1. The Hall–Kier alpha value is -2.48. The highest BCUT2D eigenvalue weighted by Gasteiger charge is 2.19. The van der Waals surface area contributed by atoms with Crippen molar-refractivity contribution in [1.82, 2.24) is 10.3 Å². The van der Waals surface area contributed by atoms with Crippen LogP contribution in [-0.2, 0) is 12.8 Å². The Morgan fingerprint density at radius 2 is 2.29 bits per heavy atom. The number of aryl methyl sites for hydroxylation is 2. The number of nitrogens with two attached hydrogens (primary N) is 1. The predicted molar refractivity (Wildman–Crippen MR) is 89.3 cm³/mol. The van der Waals surface area contributed by atoms with Gasteiger partial charge in [-0.25, -0.2) is 9.98 Å². The van der Waals surface area contributed by atoms with Crippen LogP contribution in [0.4, 0.5) is 11.6 Å². The van der Waals surface area contributed by atoms with Crippen LogP contribution in [0.3, 0.4) is 0 Å². The van der Waals surface area contributed by atoms with Crippen LogP contribution in [0.15, 0.2) is 21.8 Å². The van der Waals surface area contributed by atoms with Gasteiger partial charge in [0.2, 0.25) is 5.27 Å². The van der Waals surface area contributed by atoms with E-state index in [1.165, 1.54) is 16.9 Å². The van der Waals surface area contributed by atoms with Crippen LogP contribution in [0.25, 0.3) is 10.2 Å². The Bertz CT molecular complexity index is 957. The molecule has 0 saturated carbocycles. The minimum Gasteiger partial charge on any atom is -0.857 e. The summed E-state index contributed by atoms with van der Waals surface area (Å²) < 4.78 is 6.67. The number of pyridine rings is 1. The van der Waals surface area contributed by atoms with Crippen molar-refractivity contribution in [1.29, 1.82) is 0 Å². The van der Waals surface area contributed by atoms with Gasteiger partial charge in [-0.15, -0.1) is 11.3 Å². The first kappa shape index (κ1) is 15.1. The van der Waals surface area contributed by atoms with Gasteiger partial charge < -0.3 is 10.8 Å². The maximum Gasteiger partial charge on any atom is 0.320 e. The molecule has 0 saturated heterocycles. The normalized spacial score (nSPS) is 14.7. The summed E-state index contributed by atoms with van der Waals surface area (Å²) in [6.07, 6.45) is 4.74. The standard InChI is InChI=1S/C16H17N5O2S/c1-8(2)21-7-12(23-20-21)19-15(22)14-13(17)10-6-9-4-3-5-11(9)18-16(10)24-14/h6-8H,3-5H2,1-2H3,(H2-,17,19,20,22). The molecule has 0 radical (unpaired) electrons. The quantitative estimate of drug-likeness (QED) is 0.442. The zero-order valence-electron chi connectivity index (χ0n) is 13.4. The number of nitrogens with zero attached hydrogens (tertiary/aromatic N) is 4. The Kier molecular flexibility index (Phi) is 3.49. The first-order valence-electron chi connectivity index (χ1n) is 7.88. The summed E-state index contributed by atoms with van der Waals surface area (Å²) >= 11 is 1.28. The first-order valence-corrected chi connectivity index (χ1v) is 8.69. The van der Waals surface area contributed by atoms with Gasteiger partial charge in [-0.2, -0.15) is 0 Å². The molecule has 1 aliphatic rings. The van der Waals surface area contributed by atoms with E-state index in [4.69, 9.17) is 10.3 Å². The van der Waals surface area contributed by atoms with E-state index in [2.05, 4.69) is 21.3 Å². The molecule has 7 nitrogen and oxygen atoms in total. The summed E-state index contributed by atoms with van der Waals surface area (Å²) in [4.78, 5) is 9.83. The van der Waals surface area contributed by atoms with E-state index in [1.807, 2.05) is 13.8 Å². The maximum atomic E-state index is 12.5. The van der Waals surface area contributed by atoms with Crippen LogP contribution >= 0.6 is 11.3 Å². The molecule has 3 aromatic heterocycles. The van der Waals surface area contributed by atoms with Crippen LogP contribution in [0.2, 0.25) is 0 Å². The molecule has 0 fully saturated rings.